The first-order valence-corrected chi connectivity index (χ1v) is 11.7. The summed E-state index contributed by atoms with van der Waals surface area (Å²) in [6.45, 7) is 13.6. The van der Waals surface area contributed by atoms with Gasteiger partial charge in [0.25, 0.3) is 0 Å². The third-order valence-electron chi connectivity index (χ3n) is 6.28. The highest BCUT2D eigenvalue weighted by Crippen LogP contribution is 2.51. The maximum atomic E-state index is 5.80. The van der Waals surface area contributed by atoms with Crippen LogP contribution in [0.1, 0.15) is 66.8 Å². The quantitative estimate of drug-likeness (QED) is 0.439. The molecule has 2 aromatic carbocycles. The van der Waals surface area contributed by atoms with Crippen LogP contribution in [-0.4, -0.2) is 22.8 Å². The van der Waals surface area contributed by atoms with E-state index in [0.29, 0.717) is 6.04 Å². The zero-order valence-corrected chi connectivity index (χ0v) is 20.5. The SMILES string of the molecule is COc1cccc2c1nc(Nc1ccc(OC(C)C)cc1)n2C1CC(C)(C)CC(C)(C)C1. The Balaban J connectivity index is 1.76. The third-order valence-corrected chi connectivity index (χ3v) is 6.28. The van der Waals surface area contributed by atoms with E-state index < -0.39 is 0 Å². The summed E-state index contributed by atoms with van der Waals surface area (Å²) >= 11 is 0. The molecule has 1 N–H and O–H groups in total. The van der Waals surface area contributed by atoms with Crippen molar-refractivity contribution < 1.29 is 9.47 Å². The lowest BCUT2D eigenvalue weighted by atomic mass is 9.63. The van der Waals surface area contributed by atoms with Gasteiger partial charge in [0.2, 0.25) is 5.95 Å². The number of nitrogens with one attached hydrogen (secondary N) is 1. The normalized spacial score (nSPS) is 18.1. The number of nitrogens with zero attached hydrogens (tertiary/aromatic N) is 2. The smallest absolute Gasteiger partial charge is 0.208 e. The maximum Gasteiger partial charge on any atom is 0.208 e. The Labute approximate surface area is 192 Å². The van der Waals surface area contributed by atoms with Crippen LogP contribution in [-0.2, 0) is 0 Å². The van der Waals surface area contributed by atoms with Crippen molar-refractivity contribution in [3.8, 4) is 11.5 Å². The molecule has 1 aromatic heterocycles. The standard InChI is InChI=1S/C27H37N3O2/c1-18(2)32-21-13-11-19(12-14-21)28-25-29-24-22(9-8-10-23(24)31-7)30(25)20-15-26(3,4)17-27(5,6)16-20/h8-14,18,20H,15-17H2,1-7H3,(H,28,29). The first-order chi connectivity index (χ1) is 15.1. The molecule has 0 radical (unpaired) electrons. The summed E-state index contributed by atoms with van der Waals surface area (Å²) in [5.41, 5.74) is 3.55. The van der Waals surface area contributed by atoms with E-state index in [-0.39, 0.29) is 16.9 Å². The van der Waals surface area contributed by atoms with Gasteiger partial charge in [-0.25, -0.2) is 4.98 Å². The van der Waals surface area contributed by atoms with Crippen LogP contribution < -0.4 is 14.8 Å². The second kappa shape index (κ2) is 8.34. The van der Waals surface area contributed by atoms with Gasteiger partial charge in [-0.3, -0.25) is 0 Å². The van der Waals surface area contributed by atoms with Crippen molar-refractivity contribution in [2.75, 3.05) is 12.4 Å². The van der Waals surface area contributed by atoms with Crippen LogP contribution in [0.3, 0.4) is 0 Å². The number of rotatable bonds is 6. The second-order valence-electron chi connectivity index (χ2n) is 11.0. The summed E-state index contributed by atoms with van der Waals surface area (Å²) in [5.74, 6) is 2.54. The Morgan fingerprint density at radius 2 is 1.66 bits per heavy atom. The molecule has 0 unspecified atom stereocenters. The summed E-state index contributed by atoms with van der Waals surface area (Å²) in [6, 6.07) is 14.7. The number of hydrogen-bond acceptors (Lipinski definition) is 4. The Bertz CT molecular complexity index is 1060. The minimum Gasteiger partial charge on any atom is -0.494 e. The molecule has 3 aromatic rings. The summed E-state index contributed by atoms with van der Waals surface area (Å²) in [6.07, 6.45) is 3.62. The molecule has 1 saturated carbocycles. The fourth-order valence-electron chi connectivity index (χ4n) is 5.70. The highest BCUT2D eigenvalue weighted by atomic mass is 16.5. The average Bonchev–Trinajstić information content (AvgIpc) is 3.04. The lowest BCUT2D eigenvalue weighted by molar-refractivity contribution is 0.0746. The van der Waals surface area contributed by atoms with Gasteiger partial charge in [0.15, 0.2) is 0 Å². The number of ether oxygens (including phenoxy) is 2. The van der Waals surface area contributed by atoms with Gasteiger partial charge in [-0.15, -0.1) is 0 Å². The van der Waals surface area contributed by atoms with Crippen molar-refractivity contribution in [1.82, 2.24) is 9.55 Å². The van der Waals surface area contributed by atoms with E-state index in [1.807, 2.05) is 44.2 Å². The molecule has 1 aliphatic rings. The van der Waals surface area contributed by atoms with Crippen LogP contribution in [0.4, 0.5) is 11.6 Å². The zero-order chi connectivity index (χ0) is 23.1. The van der Waals surface area contributed by atoms with E-state index in [0.717, 1.165) is 47.0 Å². The molecule has 0 amide bonds. The molecule has 4 rings (SSSR count). The number of hydrogen-bond donors (Lipinski definition) is 1. The Kier molecular flexibility index (Phi) is 5.87. The number of benzene rings is 2. The van der Waals surface area contributed by atoms with Gasteiger partial charge in [-0.1, -0.05) is 33.8 Å². The maximum absolute atomic E-state index is 5.80. The molecule has 0 spiro atoms. The first kappa shape index (κ1) is 22.5. The molecule has 5 nitrogen and oxygen atoms in total. The van der Waals surface area contributed by atoms with Gasteiger partial charge >= 0.3 is 0 Å². The van der Waals surface area contributed by atoms with Crippen molar-refractivity contribution in [2.24, 2.45) is 10.8 Å². The van der Waals surface area contributed by atoms with Crippen LogP contribution in [0, 0.1) is 10.8 Å². The number of anilines is 2. The Morgan fingerprint density at radius 1 is 1.00 bits per heavy atom. The number of fused-ring (bicyclic) bond motifs is 1. The molecule has 0 saturated heterocycles. The van der Waals surface area contributed by atoms with Gasteiger partial charge < -0.3 is 19.4 Å². The lowest BCUT2D eigenvalue weighted by Gasteiger charge is -2.45. The van der Waals surface area contributed by atoms with E-state index >= 15 is 0 Å². The van der Waals surface area contributed by atoms with Crippen LogP contribution in [0.15, 0.2) is 42.5 Å². The van der Waals surface area contributed by atoms with E-state index in [1.54, 1.807) is 7.11 Å². The molecular weight excluding hydrogens is 398 g/mol. The summed E-state index contributed by atoms with van der Waals surface area (Å²) in [7, 11) is 1.71. The molecule has 1 aliphatic carbocycles. The number of methoxy groups -OCH3 is 1. The van der Waals surface area contributed by atoms with E-state index in [4.69, 9.17) is 14.5 Å². The monoisotopic (exact) mass is 435 g/mol. The predicted octanol–water partition coefficient (Wildman–Crippen LogP) is 7.35. The van der Waals surface area contributed by atoms with Gasteiger partial charge in [-0.2, -0.15) is 0 Å². The highest BCUT2D eigenvalue weighted by Gasteiger charge is 2.40. The topological polar surface area (TPSA) is 48.3 Å². The Hall–Kier alpha value is -2.69. The molecule has 32 heavy (non-hydrogen) atoms. The molecule has 172 valence electrons. The van der Waals surface area contributed by atoms with Gasteiger partial charge in [0.1, 0.15) is 17.0 Å². The predicted molar refractivity (Wildman–Crippen MR) is 132 cm³/mol. The molecule has 1 fully saturated rings. The lowest BCUT2D eigenvalue weighted by Crippen LogP contribution is -2.35. The van der Waals surface area contributed by atoms with Crippen LogP contribution in [0.2, 0.25) is 0 Å². The molecule has 0 atom stereocenters. The largest absolute Gasteiger partial charge is 0.494 e. The summed E-state index contributed by atoms with van der Waals surface area (Å²) in [4.78, 5) is 5.02. The number of imidazole rings is 1. The van der Waals surface area contributed by atoms with E-state index in [2.05, 4.69) is 49.7 Å². The zero-order valence-electron chi connectivity index (χ0n) is 20.5. The Morgan fingerprint density at radius 3 is 2.25 bits per heavy atom. The van der Waals surface area contributed by atoms with Crippen molar-refractivity contribution in [2.45, 2.75) is 73.0 Å². The summed E-state index contributed by atoms with van der Waals surface area (Å²) in [5, 5.41) is 3.59. The molecule has 0 aliphatic heterocycles. The fourth-order valence-corrected chi connectivity index (χ4v) is 5.70. The third kappa shape index (κ3) is 4.72. The van der Waals surface area contributed by atoms with Gasteiger partial charge in [0.05, 0.1) is 18.7 Å². The van der Waals surface area contributed by atoms with Gasteiger partial charge in [-0.05, 0) is 80.3 Å². The van der Waals surface area contributed by atoms with Crippen molar-refractivity contribution in [3.05, 3.63) is 42.5 Å². The van der Waals surface area contributed by atoms with Crippen LogP contribution in [0.25, 0.3) is 11.0 Å². The van der Waals surface area contributed by atoms with Crippen LogP contribution in [0.5, 0.6) is 11.5 Å². The second-order valence-corrected chi connectivity index (χ2v) is 11.0. The van der Waals surface area contributed by atoms with E-state index in [9.17, 15) is 0 Å². The molecule has 5 heteroatoms. The molecule has 1 heterocycles. The number of aromatic nitrogens is 2. The van der Waals surface area contributed by atoms with Crippen molar-refractivity contribution in [3.63, 3.8) is 0 Å². The van der Waals surface area contributed by atoms with Crippen molar-refractivity contribution >= 4 is 22.7 Å². The fraction of sp³-hybridized carbons (Fsp3) is 0.519. The highest BCUT2D eigenvalue weighted by molar-refractivity contribution is 5.85. The minimum atomic E-state index is 0.156. The van der Waals surface area contributed by atoms with Crippen LogP contribution >= 0.6 is 0 Å². The average molecular weight is 436 g/mol. The first-order valence-electron chi connectivity index (χ1n) is 11.7. The number of para-hydroxylation sites is 1. The molecule has 0 bridgehead atoms. The van der Waals surface area contributed by atoms with E-state index in [1.165, 1.54) is 6.42 Å². The van der Waals surface area contributed by atoms with Gasteiger partial charge in [0, 0.05) is 11.7 Å². The van der Waals surface area contributed by atoms with Crippen molar-refractivity contribution in [1.29, 1.82) is 0 Å². The minimum absolute atomic E-state index is 0.156. The molecular formula is C27H37N3O2. The summed E-state index contributed by atoms with van der Waals surface area (Å²) < 4.78 is 13.8.